The van der Waals surface area contributed by atoms with E-state index in [1.807, 2.05) is 27.8 Å². The Morgan fingerprint density at radius 1 is 1.44 bits per heavy atom. The molecule has 0 aliphatic heterocycles. The monoisotopic (exact) mass is 251 g/mol. The van der Waals surface area contributed by atoms with Crippen molar-refractivity contribution in [3.63, 3.8) is 0 Å². The molecular weight excluding hydrogens is 230 g/mol. The number of aromatic nitrogens is 2. The third-order valence-electron chi connectivity index (χ3n) is 2.71. The fraction of sp³-hybridized carbons (Fsp3) is 0.583. The molecule has 0 aliphatic rings. The van der Waals surface area contributed by atoms with Crippen LogP contribution in [0.25, 0.3) is 0 Å². The van der Waals surface area contributed by atoms with E-state index in [1.165, 1.54) is 0 Å². The van der Waals surface area contributed by atoms with Crippen molar-refractivity contribution >= 4 is 17.5 Å². The van der Waals surface area contributed by atoms with Crippen LogP contribution >= 0.6 is 0 Å². The maximum Gasteiger partial charge on any atom is 0.239 e. The van der Waals surface area contributed by atoms with Crippen molar-refractivity contribution in [3.8, 4) is 0 Å². The standard InChI is InChI=1S/C12H21N5O/c1-7(2)11-15-10(13)8(3)12(16-11)17(5)6-9(18)14-4/h7H,6H2,1-5H3,(H,14,18)(H2,13,15,16). The van der Waals surface area contributed by atoms with Gasteiger partial charge in [-0.25, -0.2) is 9.97 Å². The number of hydrogen-bond acceptors (Lipinski definition) is 5. The summed E-state index contributed by atoms with van der Waals surface area (Å²) in [6.45, 7) is 6.11. The maximum absolute atomic E-state index is 11.4. The van der Waals surface area contributed by atoms with Gasteiger partial charge in [0, 0.05) is 25.6 Å². The Labute approximate surface area is 108 Å². The van der Waals surface area contributed by atoms with Crippen molar-refractivity contribution in [1.82, 2.24) is 15.3 Å². The number of nitrogens with one attached hydrogen (secondary N) is 1. The first-order valence-electron chi connectivity index (χ1n) is 5.92. The van der Waals surface area contributed by atoms with E-state index in [9.17, 15) is 4.79 Å². The normalized spacial score (nSPS) is 10.6. The van der Waals surface area contributed by atoms with Crippen molar-refractivity contribution in [1.29, 1.82) is 0 Å². The van der Waals surface area contributed by atoms with Crippen LogP contribution in [0.15, 0.2) is 0 Å². The summed E-state index contributed by atoms with van der Waals surface area (Å²) in [5.74, 6) is 1.99. The van der Waals surface area contributed by atoms with Gasteiger partial charge < -0.3 is 16.0 Å². The summed E-state index contributed by atoms with van der Waals surface area (Å²) in [7, 11) is 3.42. The Hall–Kier alpha value is -1.85. The molecule has 0 radical (unpaired) electrons. The second-order valence-electron chi connectivity index (χ2n) is 4.60. The summed E-state index contributed by atoms with van der Waals surface area (Å²) in [5.41, 5.74) is 6.68. The van der Waals surface area contributed by atoms with Crippen LogP contribution in [0.2, 0.25) is 0 Å². The second-order valence-corrected chi connectivity index (χ2v) is 4.60. The number of nitrogens with zero attached hydrogens (tertiary/aromatic N) is 3. The molecule has 0 atom stereocenters. The summed E-state index contributed by atoms with van der Waals surface area (Å²) in [4.78, 5) is 21.9. The highest BCUT2D eigenvalue weighted by Gasteiger charge is 2.15. The number of amides is 1. The predicted octanol–water partition coefficient (Wildman–Crippen LogP) is 0.673. The molecule has 6 heteroatoms. The van der Waals surface area contributed by atoms with Gasteiger partial charge in [-0.15, -0.1) is 0 Å². The van der Waals surface area contributed by atoms with Crippen LogP contribution in [0, 0.1) is 6.92 Å². The van der Waals surface area contributed by atoms with Crippen LogP contribution in [-0.2, 0) is 4.79 Å². The highest BCUT2D eigenvalue weighted by atomic mass is 16.1. The maximum atomic E-state index is 11.4. The number of hydrogen-bond donors (Lipinski definition) is 2. The zero-order valence-corrected chi connectivity index (χ0v) is 11.6. The van der Waals surface area contributed by atoms with E-state index in [1.54, 1.807) is 11.9 Å². The minimum atomic E-state index is -0.0693. The first-order valence-corrected chi connectivity index (χ1v) is 5.92. The SMILES string of the molecule is CNC(=O)CN(C)c1nc(C(C)C)nc(N)c1C. The molecular formula is C12H21N5O. The lowest BCUT2D eigenvalue weighted by Gasteiger charge is -2.21. The molecule has 18 heavy (non-hydrogen) atoms. The van der Waals surface area contributed by atoms with E-state index in [0.717, 1.165) is 5.56 Å². The van der Waals surface area contributed by atoms with Crippen LogP contribution in [0.4, 0.5) is 11.6 Å². The first-order chi connectivity index (χ1) is 8.36. The molecule has 1 heterocycles. The van der Waals surface area contributed by atoms with Gasteiger partial charge in [-0.05, 0) is 6.92 Å². The molecule has 0 saturated carbocycles. The van der Waals surface area contributed by atoms with E-state index in [2.05, 4.69) is 15.3 Å². The topological polar surface area (TPSA) is 84.1 Å². The van der Waals surface area contributed by atoms with Gasteiger partial charge in [0.2, 0.25) is 5.91 Å². The smallest absolute Gasteiger partial charge is 0.239 e. The Morgan fingerprint density at radius 3 is 2.56 bits per heavy atom. The van der Waals surface area contributed by atoms with E-state index >= 15 is 0 Å². The van der Waals surface area contributed by atoms with Crippen LogP contribution in [0.1, 0.15) is 31.2 Å². The molecule has 1 aromatic heterocycles. The average molecular weight is 251 g/mol. The van der Waals surface area contributed by atoms with Gasteiger partial charge in [0.15, 0.2) is 0 Å². The average Bonchev–Trinajstić information content (AvgIpc) is 2.31. The number of carbonyl (C=O) groups is 1. The number of carbonyl (C=O) groups excluding carboxylic acids is 1. The molecule has 0 fully saturated rings. The lowest BCUT2D eigenvalue weighted by molar-refractivity contribution is -0.119. The van der Waals surface area contributed by atoms with Crippen molar-refractivity contribution < 1.29 is 4.79 Å². The molecule has 0 bridgehead atoms. The number of anilines is 2. The molecule has 1 aromatic rings. The zero-order valence-electron chi connectivity index (χ0n) is 11.6. The molecule has 0 aliphatic carbocycles. The summed E-state index contributed by atoms with van der Waals surface area (Å²) in [6.07, 6.45) is 0. The minimum Gasteiger partial charge on any atom is -0.383 e. The molecule has 1 rings (SSSR count). The van der Waals surface area contributed by atoms with E-state index < -0.39 is 0 Å². The lowest BCUT2D eigenvalue weighted by atomic mass is 10.2. The third kappa shape index (κ3) is 3.09. The van der Waals surface area contributed by atoms with Crippen molar-refractivity contribution in [2.24, 2.45) is 0 Å². The summed E-state index contributed by atoms with van der Waals surface area (Å²) in [5, 5.41) is 2.58. The largest absolute Gasteiger partial charge is 0.383 e. The second kappa shape index (κ2) is 5.66. The molecule has 6 nitrogen and oxygen atoms in total. The highest BCUT2D eigenvalue weighted by molar-refractivity contribution is 5.81. The zero-order chi connectivity index (χ0) is 13.9. The van der Waals surface area contributed by atoms with Gasteiger partial charge in [0.1, 0.15) is 17.5 Å². The van der Waals surface area contributed by atoms with Crippen molar-refractivity contribution in [2.45, 2.75) is 26.7 Å². The highest BCUT2D eigenvalue weighted by Crippen LogP contribution is 2.23. The van der Waals surface area contributed by atoms with E-state index in [-0.39, 0.29) is 18.4 Å². The van der Waals surface area contributed by atoms with E-state index in [4.69, 9.17) is 5.73 Å². The Balaban J connectivity index is 3.10. The van der Waals surface area contributed by atoms with Gasteiger partial charge in [0.05, 0.1) is 6.54 Å². The summed E-state index contributed by atoms with van der Waals surface area (Å²) >= 11 is 0. The fourth-order valence-corrected chi connectivity index (χ4v) is 1.54. The number of nitrogens with two attached hydrogens (primary N) is 1. The van der Waals surface area contributed by atoms with Crippen LogP contribution in [0.3, 0.4) is 0 Å². The molecule has 0 unspecified atom stereocenters. The lowest BCUT2D eigenvalue weighted by Crippen LogP contribution is -2.34. The minimum absolute atomic E-state index is 0.0693. The van der Waals surface area contributed by atoms with Gasteiger partial charge in [0.25, 0.3) is 0 Å². The molecule has 3 N–H and O–H groups in total. The summed E-state index contributed by atoms with van der Waals surface area (Å²) in [6, 6.07) is 0. The Kier molecular flexibility index (Phi) is 4.47. The molecule has 1 amide bonds. The molecule has 0 saturated heterocycles. The van der Waals surface area contributed by atoms with E-state index in [0.29, 0.717) is 17.5 Å². The van der Waals surface area contributed by atoms with Gasteiger partial charge >= 0.3 is 0 Å². The number of rotatable bonds is 4. The molecule has 100 valence electrons. The Morgan fingerprint density at radius 2 is 2.06 bits per heavy atom. The van der Waals surface area contributed by atoms with Crippen molar-refractivity contribution in [2.75, 3.05) is 31.3 Å². The van der Waals surface area contributed by atoms with Crippen LogP contribution in [-0.4, -0.2) is 36.5 Å². The summed E-state index contributed by atoms with van der Waals surface area (Å²) < 4.78 is 0. The van der Waals surface area contributed by atoms with Crippen LogP contribution < -0.4 is 16.0 Å². The van der Waals surface area contributed by atoms with Gasteiger partial charge in [-0.2, -0.15) is 0 Å². The van der Waals surface area contributed by atoms with Gasteiger partial charge in [-0.3, -0.25) is 4.79 Å². The number of nitrogen functional groups attached to an aromatic ring is 1. The van der Waals surface area contributed by atoms with Crippen molar-refractivity contribution in [3.05, 3.63) is 11.4 Å². The predicted molar refractivity (Wildman–Crippen MR) is 72.6 cm³/mol. The van der Waals surface area contributed by atoms with Crippen LogP contribution in [0.5, 0.6) is 0 Å². The third-order valence-corrected chi connectivity index (χ3v) is 2.71. The fourth-order valence-electron chi connectivity index (χ4n) is 1.54. The first kappa shape index (κ1) is 14.2. The molecule has 0 spiro atoms. The Bertz CT molecular complexity index is 444. The van der Waals surface area contributed by atoms with Gasteiger partial charge in [-0.1, -0.05) is 13.8 Å². The number of likely N-dealkylation sites (N-methyl/N-ethyl adjacent to an activating group) is 2. The molecule has 0 aromatic carbocycles. The quantitative estimate of drug-likeness (QED) is 0.821.